The monoisotopic (exact) mass is 838 g/mol. The minimum absolute atomic E-state index is 0.0289. The number of rotatable bonds is 10. The van der Waals surface area contributed by atoms with Gasteiger partial charge in [0.25, 0.3) is 5.91 Å². The highest BCUT2D eigenvalue weighted by Gasteiger charge is 2.55. The first-order chi connectivity index (χ1) is 27.1. The first kappa shape index (κ1) is 41.3. The number of nitrogens with one attached hydrogen (secondary N) is 1. The molecule has 2 saturated heterocycles. The van der Waals surface area contributed by atoms with Crippen molar-refractivity contribution in [2.24, 2.45) is 0 Å². The molecule has 0 bridgehead atoms. The third kappa shape index (κ3) is 7.28. The van der Waals surface area contributed by atoms with Crippen molar-refractivity contribution in [3.05, 3.63) is 80.3 Å². The number of benzene rings is 3. The Morgan fingerprint density at radius 3 is 1.74 bits per heavy atom. The van der Waals surface area contributed by atoms with Gasteiger partial charge in [-0.3, -0.25) is 4.79 Å². The number of carbonyl (C=O) groups is 2. The molecule has 4 heterocycles. The fraction of sp³-hybridized carbons (Fsp3) is 0.459. The van der Waals surface area contributed by atoms with Gasteiger partial charge in [0, 0.05) is 47.5 Å². The minimum Gasteiger partial charge on any atom is -0.460 e. The summed E-state index contributed by atoms with van der Waals surface area (Å²) in [5.74, 6) is -1.64. The zero-order valence-electron chi connectivity index (χ0n) is 30.2. The maximum atomic E-state index is 13.8. The van der Waals surface area contributed by atoms with Crippen LogP contribution in [0, 0.1) is 0 Å². The lowest BCUT2D eigenvalue weighted by molar-refractivity contribution is -0.277. The number of aliphatic hydroxyl groups is 8. The predicted octanol–water partition coefficient (Wildman–Crippen LogP) is -0.790. The molecule has 11 atom stereocenters. The highest BCUT2D eigenvalue weighted by Crippen LogP contribution is 2.59. The fourth-order valence-corrected chi connectivity index (χ4v) is 7.53. The van der Waals surface area contributed by atoms with E-state index in [9.17, 15) is 50.4 Å². The second kappa shape index (κ2) is 16.1. The van der Waals surface area contributed by atoms with Gasteiger partial charge in [-0.15, -0.1) is 0 Å². The van der Waals surface area contributed by atoms with E-state index < -0.39 is 92.1 Å². The molecule has 57 heavy (non-hydrogen) atoms. The predicted molar refractivity (Wildman–Crippen MR) is 194 cm³/mol. The van der Waals surface area contributed by atoms with Gasteiger partial charge in [-0.05, 0) is 38.4 Å². The van der Waals surface area contributed by atoms with Gasteiger partial charge >= 0.3 is 5.97 Å². The smallest absolute Gasteiger partial charge is 0.340 e. The number of esters is 1. The number of nitrogens with zero attached hydrogens (tertiary/aromatic N) is 1. The van der Waals surface area contributed by atoms with Crippen LogP contribution in [0.4, 0.5) is 0 Å². The van der Waals surface area contributed by atoms with Crippen molar-refractivity contribution >= 4 is 35.1 Å². The molecule has 3 aromatic carbocycles. The van der Waals surface area contributed by atoms with Crippen molar-refractivity contribution in [2.45, 2.75) is 67.0 Å². The standard InChI is InChI=1S/C37H40Cl2N2O16/c1-41(2)6-5-40-33(50)14-3-4-16-15(7-14)34(51)57-37(16)17-8-19(38)23(53-35-31(48)29(46)27(44)25(12-42)55-35)10-21(17)52-22-11-24(20(39)9-18(22)37)54-36-32(49)30(47)28(45)26(13-43)56-36/h3-4,7-11,25-32,35-36,42-49H,5-6,12-13H2,1-2H3,(H,40,50)/t25?,26?,27-,28+,29?,30?,31?,32?,35+,36-,37?. The molecular formula is C37H40Cl2N2O16. The summed E-state index contributed by atoms with van der Waals surface area (Å²) >= 11 is 13.5. The average molecular weight is 840 g/mol. The highest BCUT2D eigenvalue weighted by molar-refractivity contribution is 6.32. The van der Waals surface area contributed by atoms with Crippen LogP contribution in [0.5, 0.6) is 23.0 Å². The van der Waals surface area contributed by atoms with Crippen LogP contribution in [0.2, 0.25) is 10.0 Å². The number of ether oxygens (including phenoxy) is 6. The van der Waals surface area contributed by atoms with Crippen LogP contribution in [0.15, 0.2) is 42.5 Å². The van der Waals surface area contributed by atoms with E-state index in [1.807, 2.05) is 19.0 Å². The van der Waals surface area contributed by atoms with Crippen LogP contribution < -0.4 is 19.5 Å². The van der Waals surface area contributed by atoms with Gasteiger partial charge < -0.3 is 79.5 Å². The molecule has 4 aliphatic rings. The van der Waals surface area contributed by atoms with Gasteiger partial charge in [0.05, 0.1) is 28.8 Å². The summed E-state index contributed by atoms with van der Waals surface area (Å²) in [5, 5.41) is 84.4. The molecule has 7 rings (SSSR count). The Kier molecular flexibility index (Phi) is 11.6. The maximum Gasteiger partial charge on any atom is 0.340 e. The average Bonchev–Trinajstić information content (AvgIpc) is 3.47. The number of hydrogen-bond acceptors (Lipinski definition) is 17. The van der Waals surface area contributed by atoms with Gasteiger partial charge in [0.1, 0.15) is 71.8 Å². The van der Waals surface area contributed by atoms with E-state index in [1.54, 1.807) is 6.07 Å². The lowest BCUT2D eigenvalue weighted by Gasteiger charge is -2.40. The molecule has 20 heteroatoms. The largest absolute Gasteiger partial charge is 0.460 e. The molecule has 1 amide bonds. The molecule has 0 saturated carbocycles. The maximum absolute atomic E-state index is 13.8. The topological polar surface area (TPSA) is 267 Å². The van der Waals surface area contributed by atoms with Crippen molar-refractivity contribution in [3.63, 3.8) is 0 Å². The normalized spacial score (nSPS) is 31.6. The Bertz CT molecular complexity index is 1940. The number of aliphatic hydroxyl groups excluding tert-OH is 8. The van der Waals surface area contributed by atoms with E-state index in [2.05, 4.69) is 5.32 Å². The molecule has 9 N–H and O–H groups in total. The first-order valence-electron chi connectivity index (χ1n) is 17.7. The molecule has 2 fully saturated rings. The summed E-state index contributed by atoms with van der Waals surface area (Å²) in [6.45, 7) is -0.522. The van der Waals surface area contributed by atoms with Gasteiger partial charge in [-0.2, -0.15) is 0 Å². The Morgan fingerprint density at radius 2 is 1.26 bits per heavy atom. The van der Waals surface area contributed by atoms with Crippen LogP contribution in [-0.4, -0.2) is 159 Å². The Hall–Kier alpha value is -3.86. The molecule has 308 valence electrons. The van der Waals surface area contributed by atoms with Crippen molar-refractivity contribution in [3.8, 4) is 23.0 Å². The Balaban J connectivity index is 1.32. The van der Waals surface area contributed by atoms with Gasteiger partial charge in [-0.1, -0.05) is 29.3 Å². The van der Waals surface area contributed by atoms with Crippen molar-refractivity contribution in [2.75, 3.05) is 40.4 Å². The summed E-state index contributed by atoms with van der Waals surface area (Å²) in [5.41, 5.74) is -1.04. The van der Waals surface area contributed by atoms with E-state index in [4.69, 9.17) is 51.6 Å². The number of amides is 1. The number of halogens is 2. The van der Waals surface area contributed by atoms with E-state index in [0.29, 0.717) is 13.1 Å². The highest BCUT2D eigenvalue weighted by atomic mass is 35.5. The second-order valence-electron chi connectivity index (χ2n) is 14.2. The molecule has 0 aromatic heterocycles. The van der Waals surface area contributed by atoms with Crippen molar-refractivity contribution < 1.29 is 78.9 Å². The number of hydrogen-bond donors (Lipinski definition) is 9. The fourth-order valence-electron chi connectivity index (χ4n) is 7.12. The lowest BCUT2D eigenvalue weighted by Crippen LogP contribution is -2.60. The third-order valence-electron chi connectivity index (χ3n) is 10.2. The lowest BCUT2D eigenvalue weighted by atomic mass is 9.77. The summed E-state index contributed by atoms with van der Waals surface area (Å²) in [7, 11) is 3.71. The quantitative estimate of drug-likeness (QED) is 0.113. The number of carbonyl (C=O) groups excluding carboxylic acids is 2. The third-order valence-corrected chi connectivity index (χ3v) is 10.8. The minimum atomic E-state index is -1.84. The molecular weight excluding hydrogens is 799 g/mol. The van der Waals surface area contributed by atoms with Crippen molar-refractivity contribution in [1.29, 1.82) is 0 Å². The van der Waals surface area contributed by atoms with E-state index >= 15 is 0 Å². The zero-order chi connectivity index (χ0) is 41.1. The zero-order valence-corrected chi connectivity index (χ0v) is 31.7. The van der Waals surface area contributed by atoms with E-state index in [1.165, 1.54) is 36.4 Å². The SMILES string of the molecule is CN(C)CCNC(=O)c1ccc2c(c1)C(=O)OC21c2cc(Cl)c(O[C@H]3OC(CO)[C@@H](O)C(O)C3O)cc2Oc2cc(O[C@@H]3OC(CO)[C@H](O)C(O)C3O)c(Cl)cc21. The summed E-state index contributed by atoms with van der Waals surface area (Å²) in [6, 6.07) is 9.76. The van der Waals surface area contributed by atoms with Crippen LogP contribution in [0.1, 0.15) is 37.4 Å². The molecule has 7 unspecified atom stereocenters. The summed E-state index contributed by atoms with van der Waals surface area (Å²) < 4.78 is 35.3. The first-order valence-corrected chi connectivity index (χ1v) is 18.5. The van der Waals surface area contributed by atoms with Crippen molar-refractivity contribution in [1.82, 2.24) is 10.2 Å². The van der Waals surface area contributed by atoms with Gasteiger partial charge in [-0.25, -0.2) is 4.79 Å². The van der Waals surface area contributed by atoms with Crippen LogP contribution in [0.3, 0.4) is 0 Å². The van der Waals surface area contributed by atoms with Gasteiger partial charge in [0.15, 0.2) is 5.60 Å². The molecule has 3 aromatic rings. The van der Waals surface area contributed by atoms with Crippen LogP contribution in [0.25, 0.3) is 0 Å². The molecule has 0 aliphatic carbocycles. The van der Waals surface area contributed by atoms with Gasteiger partial charge in [0.2, 0.25) is 12.6 Å². The molecule has 18 nitrogen and oxygen atoms in total. The Labute approximate surface area is 334 Å². The second-order valence-corrected chi connectivity index (χ2v) is 15.0. The van der Waals surface area contributed by atoms with Crippen LogP contribution in [-0.2, 0) is 19.8 Å². The Morgan fingerprint density at radius 1 is 0.754 bits per heavy atom. The molecule has 4 aliphatic heterocycles. The van der Waals surface area contributed by atoms with E-state index in [-0.39, 0.29) is 60.9 Å². The van der Waals surface area contributed by atoms with E-state index in [0.717, 1.165) is 0 Å². The summed E-state index contributed by atoms with van der Waals surface area (Å²) in [4.78, 5) is 28.8. The number of likely N-dealkylation sites (N-methyl/N-ethyl adjacent to an activating group) is 1. The number of fused-ring (bicyclic) bond motifs is 6. The van der Waals surface area contributed by atoms with Crippen LogP contribution >= 0.6 is 23.2 Å². The molecule has 1 spiro atoms. The molecule has 0 radical (unpaired) electrons. The summed E-state index contributed by atoms with van der Waals surface area (Å²) in [6.07, 6.45) is -16.3.